The smallest absolute Gasteiger partial charge is 0.129 e. The molecule has 0 radical (unpaired) electrons. The second-order valence-corrected chi connectivity index (χ2v) is 5.02. The summed E-state index contributed by atoms with van der Waals surface area (Å²) in [6, 6.07) is 2.39. The van der Waals surface area contributed by atoms with Crippen molar-refractivity contribution < 1.29 is 4.74 Å². The Morgan fingerprint density at radius 3 is 2.75 bits per heavy atom. The van der Waals surface area contributed by atoms with E-state index in [2.05, 4.69) is 29.1 Å². The van der Waals surface area contributed by atoms with Gasteiger partial charge in [0.2, 0.25) is 0 Å². The first-order chi connectivity index (χ1) is 7.54. The van der Waals surface area contributed by atoms with E-state index >= 15 is 0 Å². The summed E-state index contributed by atoms with van der Waals surface area (Å²) in [6.07, 6.45) is 2.97. The number of ether oxygens (including phenoxy) is 1. The molecule has 16 heavy (non-hydrogen) atoms. The number of rotatable bonds is 3. The van der Waals surface area contributed by atoms with Crippen molar-refractivity contribution in [1.82, 2.24) is 9.97 Å². The van der Waals surface area contributed by atoms with Crippen LogP contribution in [-0.2, 0) is 4.74 Å². The summed E-state index contributed by atoms with van der Waals surface area (Å²) in [7, 11) is 1.78. The first-order valence-corrected chi connectivity index (χ1v) is 5.62. The lowest BCUT2D eigenvalue weighted by molar-refractivity contribution is -0.0795. The van der Waals surface area contributed by atoms with Gasteiger partial charge in [-0.25, -0.2) is 9.97 Å². The molecule has 1 fully saturated rings. The minimum absolute atomic E-state index is 0.160. The average molecular weight is 221 g/mol. The van der Waals surface area contributed by atoms with Crippen LogP contribution in [0.3, 0.4) is 0 Å². The van der Waals surface area contributed by atoms with Crippen molar-refractivity contribution in [3.05, 3.63) is 18.1 Å². The maximum Gasteiger partial charge on any atom is 0.129 e. The molecule has 0 bridgehead atoms. The highest BCUT2D eigenvalue weighted by Crippen LogP contribution is 2.43. The number of aryl methyl sites for hydroxylation is 1. The average Bonchev–Trinajstić information content (AvgIpc) is 2.23. The van der Waals surface area contributed by atoms with E-state index in [1.165, 1.54) is 0 Å². The van der Waals surface area contributed by atoms with Gasteiger partial charge in [0.1, 0.15) is 12.1 Å². The third kappa shape index (κ3) is 1.89. The molecule has 0 aromatic carbocycles. The number of hydrogen-bond acceptors (Lipinski definition) is 4. The van der Waals surface area contributed by atoms with E-state index in [9.17, 15) is 0 Å². The van der Waals surface area contributed by atoms with E-state index in [1.807, 2.05) is 13.0 Å². The minimum atomic E-state index is 0.160. The molecule has 1 aromatic rings. The predicted molar refractivity (Wildman–Crippen MR) is 63.4 cm³/mol. The third-order valence-electron chi connectivity index (χ3n) is 3.59. The molecular formula is C12H19N3O. The van der Waals surface area contributed by atoms with Crippen molar-refractivity contribution >= 4 is 5.82 Å². The van der Waals surface area contributed by atoms with Crippen LogP contribution in [0.1, 0.15) is 26.0 Å². The third-order valence-corrected chi connectivity index (χ3v) is 3.59. The summed E-state index contributed by atoms with van der Waals surface area (Å²) in [6.45, 7) is 6.41. The Morgan fingerprint density at radius 1 is 1.44 bits per heavy atom. The fourth-order valence-corrected chi connectivity index (χ4v) is 2.24. The van der Waals surface area contributed by atoms with Gasteiger partial charge in [-0.3, -0.25) is 0 Å². The Kier molecular flexibility index (Phi) is 2.84. The molecule has 2 atom stereocenters. The fourth-order valence-electron chi connectivity index (χ4n) is 2.24. The highest BCUT2D eigenvalue weighted by molar-refractivity contribution is 5.37. The molecule has 0 saturated heterocycles. The standard InChI is InChI=1S/C12H19N3O/c1-8-5-11(14-7-13-8)15-9-6-10(16-4)12(9,2)3/h5,7,9-10H,6H2,1-4H3,(H,13,14,15). The van der Waals surface area contributed by atoms with Gasteiger partial charge in [-0.2, -0.15) is 0 Å². The van der Waals surface area contributed by atoms with Crippen LogP contribution in [0.2, 0.25) is 0 Å². The van der Waals surface area contributed by atoms with E-state index < -0.39 is 0 Å². The van der Waals surface area contributed by atoms with Crippen molar-refractivity contribution in [1.29, 1.82) is 0 Å². The quantitative estimate of drug-likeness (QED) is 0.848. The van der Waals surface area contributed by atoms with Gasteiger partial charge in [0.25, 0.3) is 0 Å². The number of hydrogen-bond donors (Lipinski definition) is 1. The lowest BCUT2D eigenvalue weighted by atomic mass is 9.64. The summed E-state index contributed by atoms with van der Waals surface area (Å²) >= 11 is 0. The summed E-state index contributed by atoms with van der Waals surface area (Å²) in [5, 5.41) is 3.44. The summed E-state index contributed by atoms with van der Waals surface area (Å²) in [4.78, 5) is 8.30. The molecular weight excluding hydrogens is 202 g/mol. The number of anilines is 1. The Hall–Kier alpha value is -1.16. The number of nitrogens with zero attached hydrogens (tertiary/aromatic N) is 2. The maximum absolute atomic E-state index is 5.42. The molecule has 1 N–H and O–H groups in total. The fraction of sp³-hybridized carbons (Fsp3) is 0.667. The van der Waals surface area contributed by atoms with Gasteiger partial charge >= 0.3 is 0 Å². The topological polar surface area (TPSA) is 47.0 Å². The molecule has 1 aliphatic rings. The van der Waals surface area contributed by atoms with Crippen LogP contribution in [-0.4, -0.2) is 29.2 Å². The van der Waals surface area contributed by atoms with Gasteiger partial charge in [0, 0.05) is 30.3 Å². The van der Waals surface area contributed by atoms with Gasteiger partial charge in [-0.1, -0.05) is 13.8 Å². The molecule has 1 aliphatic carbocycles. The zero-order chi connectivity index (χ0) is 11.8. The Labute approximate surface area is 96.4 Å². The van der Waals surface area contributed by atoms with Crippen LogP contribution in [0.15, 0.2) is 12.4 Å². The van der Waals surface area contributed by atoms with Crippen molar-refractivity contribution in [3.63, 3.8) is 0 Å². The predicted octanol–water partition coefficient (Wildman–Crippen LogP) is 2.01. The van der Waals surface area contributed by atoms with Crippen LogP contribution in [0.25, 0.3) is 0 Å². The maximum atomic E-state index is 5.42. The zero-order valence-electron chi connectivity index (χ0n) is 10.3. The van der Waals surface area contributed by atoms with Gasteiger partial charge in [0.15, 0.2) is 0 Å². The molecule has 1 heterocycles. The van der Waals surface area contributed by atoms with E-state index in [-0.39, 0.29) is 5.41 Å². The zero-order valence-corrected chi connectivity index (χ0v) is 10.3. The molecule has 1 aromatic heterocycles. The van der Waals surface area contributed by atoms with Gasteiger partial charge in [-0.05, 0) is 13.3 Å². The highest BCUT2D eigenvalue weighted by atomic mass is 16.5. The summed E-state index contributed by atoms with van der Waals surface area (Å²) < 4.78 is 5.42. The van der Waals surface area contributed by atoms with Crippen LogP contribution < -0.4 is 5.32 Å². The van der Waals surface area contributed by atoms with E-state index in [1.54, 1.807) is 13.4 Å². The largest absolute Gasteiger partial charge is 0.381 e. The van der Waals surface area contributed by atoms with Crippen molar-refractivity contribution in [2.75, 3.05) is 12.4 Å². The van der Waals surface area contributed by atoms with Crippen LogP contribution in [0.5, 0.6) is 0 Å². The molecule has 0 aliphatic heterocycles. The van der Waals surface area contributed by atoms with Crippen molar-refractivity contribution in [2.24, 2.45) is 5.41 Å². The molecule has 4 nitrogen and oxygen atoms in total. The van der Waals surface area contributed by atoms with Crippen LogP contribution in [0.4, 0.5) is 5.82 Å². The van der Waals surface area contributed by atoms with E-state index in [0.717, 1.165) is 17.9 Å². The lowest BCUT2D eigenvalue weighted by Gasteiger charge is -2.51. The molecule has 2 rings (SSSR count). The van der Waals surface area contributed by atoms with Crippen molar-refractivity contribution in [2.45, 2.75) is 39.3 Å². The molecule has 2 unspecified atom stereocenters. The Morgan fingerprint density at radius 2 is 2.19 bits per heavy atom. The highest BCUT2D eigenvalue weighted by Gasteiger charge is 2.48. The first-order valence-electron chi connectivity index (χ1n) is 5.62. The first kappa shape index (κ1) is 11.3. The number of nitrogens with one attached hydrogen (secondary N) is 1. The second-order valence-electron chi connectivity index (χ2n) is 5.02. The molecule has 0 amide bonds. The summed E-state index contributed by atoms with van der Waals surface area (Å²) in [5.41, 5.74) is 1.14. The molecule has 88 valence electrons. The van der Waals surface area contributed by atoms with Gasteiger partial charge in [-0.15, -0.1) is 0 Å². The van der Waals surface area contributed by atoms with E-state index in [4.69, 9.17) is 4.74 Å². The van der Waals surface area contributed by atoms with Crippen molar-refractivity contribution in [3.8, 4) is 0 Å². The molecule has 4 heteroatoms. The van der Waals surface area contributed by atoms with Gasteiger partial charge in [0.05, 0.1) is 6.10 Å². The lowest BCUT2D eigenvalue weighted by Crippen LogP contribution is -2.57. The minimum Gasteiger partial charge on any atom is -0.381 e. The monoisotopic (exact) mass is 221 g/mol. The Bertz CT molecular complexity index is 378. The number of methoxy groups -OCH3 is 1. The Balaban J connectivity index is 2.02. The summed E-state index contributed by atoms with van der Waals surface area (Å²) in [5.74, 6) is 0.903. The van der Waals surface area contributed by atoms with Gasteiger partial charge < -0.3 is 10.1 Å². The molecule has 1 saturated carbocycles. The van der Waals surface area contributed by atoms with E-state index in [0.29, 0.717) is 12.1 Å². The molecule has 0 spiro atoms. The SMILES string of the molecule is COC1CC(Nc2cc(C)ncn2)C1(C)C. The van der Waals surface area contributed by atoms with Crippen LogP contribution >= 0.6 is 0 Å². The second kappa shape index (κ2) is 4.01. The number of aromatic nitrogens is 2. The normalized spacial score (nSPS) is 27.2. The van der Waals surface area contributed by atoms with Crippen LogP contribution in [0, 0.1) is 12.3 Å².